The fourth-order valence-corrected chi connectivity index (χ4v) is 2.25. The first-order valence-corrected chi connectivity index (χ1v) is 6.38. The summed E-state index contributed by atoms with van der Waals surface area (Å²) < 4.78 is 0. The topological polar surface area (TPSA) is 109 Å². The highest BCUT2D eigenvalue weighted by molar-refractivity contribution is 5.86. The molecule has 21 heavy (non-hydrogen) atoms. The summed E-state index contributed by atoms with van der Waals surface area (Å²) in [7, 11) is 0. The summed E-state index contributed by atoms with van der Waals surface area (Å²) in [5, 5.41) is 0. The number of anilines is 1. The number of aromatic amines is 2. The molecule has 0 saturated carbocycles. The Bertz CT molecular complexity index is 907. The van der Waals surface area contributed by atoms with Crippen molar-refractivity contribution in [3.63, 3.8) is 0 Å². The monoisotopic (exact) mass is 277 g/mol. The van der Waals surface area contributed by atoms with Gasteiger partial charge in [0, 0.05) is 5.56 Å². The molecular weight excluding hydrogens is 266 g/mol. The number of hydrogen-bond donors (Lipinski definition) is 3. The Hall–Kier alpha value is -3.22. The number of imidazole rings is 2. The summed E-state index contributed by atoms with van der Waals surface area (Å²) >= 11 is 0. The van der Waals surface area contributed by atoms with E-state index >= 15 is 0 Å². The van der Waals surface area contributed by atoms with Crippen LogP contribution in [0, 0.1) is 0 Å². The zero-order valence-electron chi connectivity index (χ0n) is 10.9. The Morgan fingerprint density at radius 2 is 1.86 bits per heavy atom. The molecule has 0 saturated heterocycles. The van der Waals surface area contributed by atoms with Crippen LogP contribution in [0.5, 0.6) is 0 Å². The van der Waals surface area contributed by atoms with Crippen LogP contribution in [-0.2, 0) is 0 Å². The zero-order chi connectivity index (χ0) is 14.2. The van der Waals surface area contributed by atoms with E-state index in [2.05, 4.69) is 29.9 Å². The minimum atomic E-state index is 0.375. The highest BCUT2D eigenvalue weighted by atomic mass is 15.1. The first kappa shape index (κ1) is 11.6. The third kappa shape index (κ3) is 1.83. The lowest BCUT2D eigenvalue weighted by Gasteiger charge is -1.99. The van der Waals surface area contributed by atoms with E-state index < -0.39 is 0 Å². The maximum Gasteiger partial charge on any atom is 0.183 e. The van der Waals surface area contributed by atoms with E-state index in [1.165, 1.54) is 6.33 Å². The smallest absolute Gasteiger partial charge is 0.183 e. The lowest BCUT2D eigenvalue weighted by atomic mass is 10.1. The van der Waals surface area contributed by atoms with Crippen LogP contribution in [0.4, 0.5) is 5.82 Å². The predicted molar refractivity (Wildman–Crippen MR) is 79.1 cm³/mol. The summed E-state index contributed by atoms with van der Waals surface area (Å²) in [6.07, 6.45) is 3.03. The largest absolute Gasteiger partial charge is 0.382 e. The molecule has 0 spiro atoms. The fraction of sp³-hybridized carbons (Fsp3) is 0. The number of benzene rings is 1. The number of hydrogen-bond acceptors (Lipinski definition) is 5. The first-order chi connectivity index (χ1) is 10.3. The van der Waals surface area contributed by atoms with Gasteiger partial charge in [0.05, 0.1) is 12.0 Å². The van der Waals surface area contributed by atoms with Gasteiger partial charge < -0.3 is 15.7 Å². The summed E-state index contributed by atoms with van der Waals surface area (Å²) in [5.74, 6) is 1.01. The predicted octanol–water partition coefficient (Wildman–Crippen LogP) is 1.99. The van der Waals surface area contributed by atoms with Crippen molar-refractivity contribution in [2.45, 2.75) is 0 Å². The van der Waals surface area contributed by atoms with E-state index in [-0.39, 0.29) is 0 Å². The second-order valence-electron chi connectivity index (χ2n) is 4.54. The molecule has 3 heterocycles. The van der Waals surface area contributed by atoms with Crippen molar-refractivity contribution >= 4 is 17.0 Å². The minimum absolute atomic E-state index is 0.375. The van der Waals surface area contributed by atoms with E-state index in [1.54, 1.807) is 6.33 Å². The van der Waals surface area contributed by atoms with Gasteiger partial charge in [-0.3, -0.25) is 0 Å². The van der Waals surface area contributed by atoms with Crippen LogP contribution in [0.2, 0.25) is 0 Å². The summed E-state index contributed by atoms with van der Waals surface area (Å²) in [5.41, 5.74) is 9.60. The van der Waals surface area contributed by atoms with Crippen LogP contribution in [-0.4, -0.2) is 29.9 Å². The third-order valence-electron chi connectivity index (χ3n) is 3.24. The Labute approximate surface area is 119 Å². The molecule has 3 aromatic heterocycles. The second kappa shape index (κ2) is 4.41. The number of nitrogen functional groups attached to an aromatic ring is 1. The number of nitrogens with one attached hydrogen (secondary N) is 2. The van der Waals surface area contributed by atoms with Crippen molar-refractivity contribution in [1.82, 2.24) is 29.9 Å². The SMILES string of the molecule is Nc1ncnc2nc(-c3[nH]cnc3-c3ccccc3)[nH]c12. The number of H-pyrrole nitrogens is 2. The number of aromatic nitrogens is 6. The van der Waals surface area contributed by atoms with E-state index in [9.17, 15) is 0 Å². The standard InChI is InChI=1S/C14H11N7/c15-12-11-13(19-7-18-12)21-14(20-11)10-9(16-6-17-10)8-4-2-1-3-5-8/h1-7H,(H,16,17)(H3,15,18,19,20,21). The summed E-state index contributed by atoms with van der Waals surface area (Å²) in [4.78, 5) is 23.1. The van der Waals surface area contributed by atoms with Crippen LogP contribution in [0.15, 0.2) is 43.0 Å². The molecule has 0 radical (unpaired) electrons. The number of nitrogens with zero attached hydrogens (tertiary/aromatic N) is 4. The van der Waals surface area contributed by atoms with Crippen molar-refractivity contribution in [2.75, 3.05) is 5.73 Å². The Kier molecular flexibility index (Phi) is 2.43. The molecule has 0 atom stereocenters. The van der Waals surface area contributed by atoms with Gasteiger partial charge in [-0.2, -0.15) is 0 Å². The van der Waals surface area contributed by atoms with Crippen LogP contribution in [0.1, 0.15) is 0 Å². The van der Waals surface area contributed by atoms with E-state index in [4.69, 9.17) is 5.73 Å². The summed E-state index contributed by atoms with van der Waals surface area (Å²) in [6, 6.07) is 9.89. The quantitative estimate of drug-likeness (QED) is 0.519. The molecule has 4 aromatic rings. The molecule has 0 aliphatic heterocycles. The molecule has 0 aliphatic rings. The molecule has 7 heteroatoms. The molecule has 1 aromatic carbocycles. The summed E-state index contributed by atoms with van der Waals surface area (Å²) in [6.45, 7) is 0. The minimum Gasteiger partial charge on any atom is -0.382 e. The maximum atomic E-state index is 5.82. The van der Waals surface area contributed by atoms with Gasteiger partial charge >= 0.3 is 0 Å². The van der Waals surface area contributed by atoms with E-state index in [0.29, 0.717) is 22.8 Å². The Balaban J connectivity index is 1.90. The maximum absolute atomic E-state index is 5.82. The highest BCUT2D eigenvalue weighted by Crippen LogP contribution is 2.28. The Morgan fingerprint density at radius 3 is 2.67 bits per heavy atom. The first-order valence-electron chi connectivity index (χ1n) is 6.38. The van der Waals surface area contributed by atoms with Gasteiger partial charge in [-0.05, 0) is 0 Å². The lowest BCUT2D eigenvalue weighted by molar-refractivity contribution is 1.20. The molecular formula is C14H11N7. The van der Waals surface area contributed by atoms with Crippen molar-refractivity contribution in [1.29, 1.82) is 0 Å². The highest BCUT2D eigenvalue weighted by Gasteiger charge is 2.15. The average Bonchev–Trinajstić information content (AvgIpc) is 3.15. The van der Waals surface area contributed by atoms with Gasteiger partial charge in [0.1, 0.15) is 17.5 Å². The van der Waals surface area contributed by atoms with Crippen molar-refractivity contribution in [2.24, 2.45) is 0 Å². The molecule has 0 fully saturated rings. The fourth-order valence-electron chi connectivity index (χ4n) is 2.25. The molecule has 0 amide bonds. The van der Waals surface area contributed by atoms with Crippen LogP contribution in [0.25, 0.3) is 33.9 Å². The van der Waals surface area contributed by atoms with Gasteiger partial charge in [-0.1, -0.05) is 30.3 Å². The van der Waals surface area contributed by atoms with E-state index in [1.807, 2.05) is 30.3 Å². The Morgan fingerprint density at radius 1 is 1.00 bits per heavy atom. The number of nitrogens with two attached hydrogens (primary N) is 1. The van der Waals surface area contributed by atoms with Gasteiger partial charge in [0.2, 0.25) is 0 Å². The number of rotatable bonds is 2. The number of fused-ring (bicyclic) bond motifs is 1. The molecule has 4 N–H and O–H groups in total. The van der Waals surface area contributed by atoms with Crippen LogP contribution >= 0.6 is 0 Å². The molecule has 7 nitrogen and oxygen atoms in total. The van der Waals surface area contributed by atoms with E-state index in [0.717, 1.165) is 17.0 Å². The molecule has 0 aliphatic carbocycles. The molecule has 0 bridgehead atoms. The second-order valence-corrected chi connectivity index (χ2v) is 4.54. The third-order valence-corrected chi connectivity index (χ3v) is 3.24. The van der Waals surface area contributed by atoms with Crippen molar-refractivity contribution < 1.29 is 0 Å². The van der Waals surface area contributed by atoms with Gasteiger partial charge in [0.25, 0.3) is 0 Å². The average molecular weight is 277 g/mol. The molecule has 102 valence electrons. The van der Waals surface area contributed by atoms with Gasteiger partial charge in [-0.15, -0.1) is 0 Å². The molecule has 0 unspecified atom stereocenters. The lowest BCUT2D eigenvalue weighted by Crippen LogP contribution is -1.91. The van der Waals surface area contributed by atoms with Crippen LogP contribution < -0.4 is 5.73 Å². The van der Waals surface area contributed by atoms with Crippen molar-refractivity contribution in [3.05, 3.63) is 43.0 Å². The van der Waals surface area contributed by atoms with Gasteiger partial charge in [-0.25, -0.2) is 19.9 Å². The van der Waals surface area contributed by atoms with Crippen LogP contribution in [0.3, 0.4) is 0 Å². The zero-order valence-corrected chi connectivity index (χ0v) is 10.9. The van der Waals surface area contributed by atoms with Gasteiger partial charge in [0.15, 0.2) is 17.3 Å². The van der Waals surface area contributed by atoms with Crippen molar-refractivity contribution in [3.8, 4) is 22.8 Å². The molecule has 4 rings (SSSR count). The normalized spacial score (nSPS) is 11.0.